The van der Waals surface area contributed by atoms with E-state index in [9.17, 15) is 0 Å². The van der Waals surface area contributed by atoms with E-state index in [1.807, 2.05) is 0 Å². The Kier molecular flexibility index (Phi) is 3.29. The molecule has 4 nitrogen and oxygen atoms in total. The van der Waals surface area contributed by atoms with Gasteiger partial charge in [-0.05, 0) is 25.3 Å². The third-order valence-electron chi connectivity index (χ3n) is 3.90. The van der Waals surface area contributed by atoms with Gasteiger partial charge in [0.2, 0.25) is 5.88 Å². The number of unbranched alkanes of at least 4 members (excludes halogenated alkanes) is 1. The average molecular weight is 253 g/mol. The molecule has 0 spiro atoms. The molecular formula is C12H19N3OS. The lowest BCUT2D eigenvalue weighted by Crippen LogP contribution is -2.22. The Morgan fingerprint density at radius 2 is 2.35 bits per heavy atom. The first-order valence-electron chi connectivity index (χ1n) is 6.56. The molecule has 3 heterocycles. The van der Waals surface area contributed by atoms with Crippen LogP contribution >= 0.6 is 11.7 Å². The van der Waals surface area contributed by atoms with Crippen LogP contribution in [0.2, 0.25) is 0 Å². The summed E-state index contributed by atoms with van der Waals surface area (Å²) in [4.78, 5) is 2.53. The van der Waals surface area contributed by atoms with Crippen LogP contribution in [-0.2, 0) is 0 Å². The molecule has 2 bridgehead atoms. The predicted molar refractivity (Wildman–Crippen MR) is 67.6 cm³/mol. The summed E-state index contributed by atoms with van der Waals surface area (Å²) >= 11 is 1.29. The number of fused-ring (bicyclic) bond motifs is 2. The van der Waals surface area contributed by atoms with Crippen LogP contribution in [0.1, 0.15) is 37.8 Å². The average Bonchev–Trinajstić information content (AvgIpc) is 3.04. The molecule has 5 heteroatoms. The van der Waals surface area contributed by atoms with Crippen LogP contribution in [0.15, 0.2) is 0 Å². The smallest absolute Gasteiger partial charge is 0.249 e. The second kappa shape index (κ2) is 4.90. The van der Waals surface area contributed by atoms with Gasteiger partial charge in [0.05, 0.1) is 18.3 Å². The molecular weight excluding hydrogens is 234 g/mol. The van der Waals surface area contributed by atoms with Gasteiger partial charge in [0.15, 0.2) is 0 Å². The SMILES string of the molecule is CCCCOc1nsnc1[C@H]1CN2CCC1C2. The maximum atomic E-state index is 5.76. The first kappa shape index (κ1) is 11.4. The zero-order chi connectivity index (χ0) is 11.7. The summed E-state index contributed by atoms with van der Waals surface area (Å²) in [7, 11) is 0. The van der Waals surface area contributed by atoms with Crippen LogP contribution in [0, 0.1) is 5.92 Å². The largest absolute Gasteiger partial charge is 0.476 e. The summed E-state index contributed by atoms with van der Waals surface area (Å²) in [6.07, 6.45) is 3.57. The van der Waals surface area contributed by atoms with Crippen molar-refractivity contribution in [1.82, 2.24) is 13.6 Å². The number of nitrogens with zero attached hydrogens (tertiary/aromatic N) is 3. The molecule has 3 atom stereocenters. The van der Waals surface area contributed by atoms with Crippen molar-refractivity contribution in [2.75, 3.05) is 26.2 Å². The second-order valence-electron chi connectivity index (χ2n) is 5.07. The van der Waals surface area contributed by atoms with Gasteiger partial charge in [-0.15, -0.1) is 4.37 Å². The highest BCUT2D eigenvalue weighted by Crippen LogP contribution is 2.41. The van der Waals surface area contributed by atoms with Crippen molar-refractivity contribution in [1.29, 1.82) is 0 Å². The minimum Gasteiger partial charge on any atom is -0.476 e. The Morgan fingerprint density at radius 3 is 3.06 bits per heavy atom. The van der Waals surface area contributed by atoms with E-state index in [1.54, 1.807) is 0 Å². The molecule has 17 heavy (non-hydrogen) atoms. The molecule has 0 aromatic carbocycles. The fourth-order valence-corrected chi connectivity index (χ4v) is 3.48. The Bertz CT molecular complexity index is 382. The van der Waals surface area contributed by atoms with Gasteiger partial charge in [-0.2, -0.15) is 4.37 Å². The predicted octanol–water partition coefficient (Wildman–Crippen LogP) is 2.14. The topological polar surface area (TPSA) is 38.3 Å². The van der Waals surface area contributed by atoms with E-state index in [2.05, 4.69) is 20.6 Å². The Morgan fingerprint density at radius 1 is 1.41 bits per heavy atom. The standard InChI is InChI=1S/C12H19N3OS/c1-2-3-6-16-12-11(13-17-14-12)10-8-15-5-4-9(10)7-15/h9-10H,2-8H2,1H3/t9?,10-/m0/s1. The molecule has 3 rings (SSSR count). The monoisotopic (exact) mass is 253 g/mol. The lowest BCUT2D eigenvalue weighted by molar-refractivity contribution is 0.287. The molecule has 0 amide bonds. The normalized spacial score (nSPS) is 31.0. The van der Waals surface area contributed by atoms with E-state index in [4.69, 9.17) is 4.74 Å². The summed E-state index contributed by atoms with van der Waals surface area (Å²) in [5.74, 6) is 2.16. The van der Waals surface area contributed by atoms with Gasteiger partial charge >= 0.3 is 0 Å². The van der Waals surface area contributed by atoms with Gasteiger partial charge in [0, 0.05) is 19.0 Å². The molecule has 2 aliphatic heterocycles. The quantitative estimate of drug-likeness (QED) is 0.754. The molecule has 2 saturated heterocycles. The summed E-state index contributed by atoms with van der Waals surface area (Å²) in [5, 5.41) is 0. The molecule has 2 aliphatic rings. The maximum Gasteiger partial charge on any atom is 0.249 e. The van der Waals surface area contributed by atoms with Crippen molar-refractivity contribution >= 4 is 11.7 Å². The molecule has 1 aromatic rings. The number of aromatic nitrogens is 2. The minimum absolute atomic E-state index is 0.569. The van der Waals surface area contributed by atoms with E-state index < -0.39 is 0 Å². The minimum atomic E-state index is 0.569. The van der Waals surface area contributed by atoms with E-state index in [-0.39, 0.29) is 0 Å². The van der Waals surface area contributed by atoms with E-state index in [0.29, 0.717) is 5.92 Å². The molecule has 0 N–H and O–H groups in total. The third-order valence-corrected chi connectivity index (χ3v) is 4.43. The van der Waals surface area contributed by atoms with Gasteiger partial charge in [0.1, 0.15) is 5.69 Å². The summed E-state index contributed by atoms with van der Waals surface area (Å²) in [5.41, 5.74) is 1.12. The third kappa shape index (κ3) is 2.18. The molecule has 0 radical (unpaired) electrons. The van der Waals surface area contributed by atoms with Gasteiger partial charge in [-0.25, -0.2) is 0 Å². The van der Waals surface area contributed by atoms with E-state index >= 15 is 0 Å². The Balaban J connectivity index is 1.68. The van der Waals surface area contributed by atoms with Crippen molar-refractivity contribution in [3.8, 4) is 5.88 Å². The zero-order valence-corrected chi connectivity index (χ0v) is 11.1. The number of hydrogen-bond acceptors (Lipinski definition) is 5. The number of piperidine rings is 1. The molecule has 0 saturated carbocycles. The molecule has 94 valence electrons. The lowest BCUT2D eigenvalue weighted by Gasteiger charge is -2.20. The maximum absolute atomic E-state index is 5.76. The van der Waals surface area contributed by atoms with E-state index in [1.165, 1.54) is 31.2 Å². The molecule has 1 aromatic heterocycles. The lowest BCUT2D eigenvalue weighted by atomic mass is 9.90. The van der Waals surface area contributed by atoms with Crippen LogP contribution < -0.4 is 4.74 Å². The fraction of sp³-hybridized carbons (Fsp3) is 0.833. The number of ether oxygens (including phenoxy) is 1. The first-order chi connectivity index (χ1) is 8.38. The summed E-state index contributed by atoms with van der Waals surface area (Å²) < 4.78 is 14.5. The van der Waals surface area contributed by atoms with Crippen molar-refractivity contribution in [2.24, 2.45) is 5.92 Å². The van der Waals surface area contributed by atoms with Crippen LogP contribution in [-0.4, -0.2) is 39.9 Å². The second-order valence-corrected chi connectivity index (χ2v) is 5.60. The van der Waals surface area contributed by atoms with Gasteiger partial charge < -0.3 is 9.64 Å². The zero-order valence-electron chi connectivity index (χ0n) is 10.3. The van der Waals surface area contributed by atoms with Crippen LogP contribution in [0.4, 0.5) is 0 Å². The van der Waals surface area contributed by atoms with Gasteiger partial charge in [0.25, 0.3) is 0 Å². The van der Waals surface area contributed by atoms with Crippen LogP contribution in [0.3, 0.4) is 0 Å². The summed E-state index contributed by atoms with van der Waals surface area (Å²) in [6, 6.07) is 0. The fourth-order valence-electron chi connectivity index (χ4n) is 2.92. The molecule has 2 unspecified atom stereocenters. The highest BCUT2D eigenvalue weighted by molar-refractivity contribution is 6.99. The highest BCUT2D eigenvalue weighted by Gasteiger charge is 2.41. The number of rotatable bonds is 5. The first-order valence-corrected chi connectivity index (χ1v) is 7.29. The summed E-state index contributed by atoms with van der Waals surface area (Å²) in [6.45, 7) is 6.62. The highest BCUT2D eigenvalue weighted by atomic mass is 32.1. The van der Waals surface area contributed by atoms with Crippen molar-refractivity contribution < 1.29 is 4.74 Å². The van der Waals surface area contributed by atoms with Crippen LogP contribution in [0.25, 0.3) is 0 Å². The van der Waals surface area contributed by atoms with Gasteiger partial charge in [-0.1, -0.05) is 13.3 Å². The molecule has 0 aliphatic carbocycles. The molecule has 2 fully saturated rings. The van der Waals surface area contributed by atoms with Crippen molar-refractivity contribution in [3.63, 3.8) is 0 Å². The van der Waals surface area contributed by atoms with Crippen molar-refractivity contribution in [2.45, 2.75) is 32.1 Å². The van der Waals surface area contributed by atoms with Gasteiger partial charge in [-0.3, -0.25) is 0 Å². The Hall–Kier alpha value is -0.680. The Labute approximate surface area is 106 Å². The van der Waals surface area contributed by atoms with E-state index in [0.717, 1.165) is 43.5 Å². The van der Waals surface area contributed by atoms with Crippen LogP contribution in [0.5, 0.6) is 5.88 Å². The number of hydrogen-bond donors (Lipinski definition) is 0. The van der Waals surface area contributed by atoms with Crippen molar-refractivity contribution in [3.05, 3.63) is 5.69 Å².